The minimum atomic E-state index is -4.50. The molecule has 0 radical (unpaired) electrons. The largest absolute Gasteiger partial charge is 0.484 e. The number of carbonyl (C=O) groups is 1. The molecule has 5 nitrogen and oxygen atoms in total. The van der Waals surface area contributed by atoms with E-state index in [0.717, 1.165) is 0 Å². The van der Waals surface area contributed by atoms with Gasteiger partial charge in [0.1, 0.15) is 17.2 Å². The normalized spacial score (nSPS) is 11.0. The number of pyridine rings is 1. The zero-order valence-electron chi connectivity index (χ0n) is 12.7. The van der Waals surface area contributed by atoms with Gasteiger partial charge in [-0.2, -0.15) is 13.2 Å². The van der Waals surface area contributed by atoms with Gasteiger partial charge in [0.2, 0.25) is 0 Å². The predicted molar refractivity (Wildman–Crippen MR) is 78.0 cm³/mol. The zero-order valence-corrected chi connectivity index (χ0v) is 12.7. The number of ether oxygens (including phenoxy) is 3. The predicted octanol–water partition coefficient (Wildman–Crippen LogP) is 3.53. The Balaban J connectivity index is 2.23. The highest BCUT2D eigenvalue weighted by Gasteiger charge is 2.29. The summed E-state index contributed by atoms with van der Waals surface area (Å²) in [5.41, 5.74) is 0.268. The number of benzene rings is 1. The molecule has 0 aliphatic carbocycles. The summed E-state index contributed by atoms with van der Waals surface area (Å²) in [7, 11) is 1.19. The van der Waals surface area contributed by atoms with E-state index in [9.17, 15) is 18.0 Å². The Morgan fingerprint density at radius 2 is 2.00 bits per heavy atom. The standard InChI is InChI=1S/C16H14F3NO4/c1-22-15(21)7-11-4-5-12(24-13-3-2-6-20-9-13)8-14(11)23-10-16(17,18)19/h2-6,8-9H,7,10H2,1H3. The van der Waals surface area contributed by atoms with Crippen molar-refractivity contribution in [2.45, 2.75) is 12.6 Å². The molecule has 1 heterocycles. The van der Waals surface area contributed by atoms with E-state index in [1.54, 1.807) is 18.3 Å². The van der Waals surface area contributed by atoms with E-state index in [-0.39, 0.29) is 23.5 Å². The van der Waals surface area contributed by atoms with Crippen LogP contribution in [0.5, 0.6) is 17.2 Å². The number of rotatable bonds is 6. The van der Waals surface area contributed by atoms with E-state index in [1.807, 2.05) is 0 Å². The van der Waals surface area contributed by atoms with E-state index in [0.29, 0.717) is 5.75 Å². The Labute approximate surface area is 136 Å². The summed E-state index contributed by atoms with van der Waals surface area (Å²) >= 11 is 0. The Morgan fingerprint density at radius 3 is 2.62 bits per heavy atom. The van der Waals surface area contributed by atoms with Crippen molar-refractivity contribution in [3.05, 3.63) is 48.3 Å². The van der Waals surface area contributed by atoms with Gasteiger partial charge in [-0.15, -0.1) is 0 Å². The molecule has 0 bridgehead atoms. The molecule has 8 heteroatoms. The maximum absolute atomic E-state index is 12.4. The van der Waals surface area contributed by atoms with Crippen LogP contribution >= 0.6 is 0 Å². The van der Waals surface area contributed by atoms with E-state index in [2.05, 4.69) is 9.72 Å². The SMILES string of the molecule is COC(=O)Cc1ccc(Oc2cccnc2)cc1OCC(F)(F)F. The summed E-state index contributed by atoms with van der Waals surface area (Å²) in [5, 5.41) is 0. The van der Waals surface area contributed by atoms with Gasteiger partial charge in [0.15, 0.2) is 6.61 Å². The summed E-state index contributed by atoms with van der Waals surface area (Å²) in [4.78, 5) is 15.2. The molecule has 0 unspecified atom stereocenters. The molecule has 0 fully saturated rings. The van der Waals surface area contributed by atoms with Crippen molar-refractivity contribution in [1.82, 2.24) is 4.98 Å². The number of aromatic nitrogens is 1. The van der Waals surface area contributed by atoms with Gasteiger partial charge in [0.05, 0.1) is 19.7 Å². The molecule has 128 valence electrons. The van der Waals surface area contributed by atoms with Gasteiger partial charge < -0.3 is 14.2 Å². The fourth-order valence-corrected chi connectivity index (χ4v) is 1.81. The highest BCUT2D eigenvalue weighted by atomic mass is 19.4. The summed E-state index contributed by atoms with van der Waals surface area (Å²) in [5.74, 6) is -0.0133. The molecule has 0 saturated carbocycles. The van der Waals surface area contributed by atoms with Crippen molar-refractivity contribution in [2.24, 2.45) is 0 Å². The molecule has 0 spiro atoms. The maximum atomic E-state index is 12.4. The minimum absolute atomic E-state index is 0.0980. The lowest BCUT2D eigenvalue weighted by molar-refractivity contribution is -0.153. The number of halogens is 3. The smallest absolute Gasteiger partial charge is 0.422 e. The number of hydrogen-bond donors (Lipinski definition) is 0. The van der Waals surface area contributed by atoms with Crippen LogP contribution in [0.15, 0.2) is 42.7 Å². The van der Waals surface area contributed by atoms with Gasteiger partial charge in [-0.3, -0.25) is 9.78 Å². The first-order valence-electron chi connectivity index (χ1n) is 6.84. The molecule has 0 atom stereocenters. The second-order valence-electron chi connectivity index (χ2n) is 4.72. The average molecular weight is 341 g/mol. The van der Waals surface area contributed by atoms with E-state index in [4.69, 9.17) is 9.47 Å². The van der Waals surface area contributed by atoms with Crippen LogP contribution in [0.25, 0.3) is 0 Å². The van der Waals surface area contributed by atoms with Gasteiger partial charge in [-0.05, 0) is 18.2 Å². The van der Waals surface area contributed by atoms with Gasteiger partial charge in [0, 0.05) is 17.8 Å². The molecular weight excluding hydrogens is 327 g/mol. The van der Waals surface area contributed by atoms with Crippen molar-refractivity contribution in [3.63, 3.8) is 0 Å². The Hall–Kier alpha value is -2.77. The molecule has 0 aliphatic heterocycles. The van der Waals surface area contributed by atoms with Crippen LogP contribution in [0.3, 0.4) is 0 Å². The first-order chi connectivity index (χ1) is 11.4. The highest BCUT2D eigenvalue weighted by Crippen LogP contribution is 2.30. The van der Waals surface area contributed by atoms with E-state index in [1.165, 1.54) is 31.5 Å². The van der Waals surface area contributed by atoms with Crippen molar-refractivity contribution in [3.8, 4) is 17.2 Å². The third kappa shape index (κ3) is 5.45. The summed E-state index contributed by atoms with van der Waals surface area (Å²) in [6, 6.07) is 7.56. The summed E-state index contributed by atoms with van der Waals surface area (Å²) in [6.45, 7) is -1.47. The highest BCUT2D eigenvalue weighted by molar-refractivity contribution is 5.73. The van der Waals surface area contributed by atoms with Crippen molar-refractivity contribution in [2.75, 3.05) is 13.7 Å². The summed E-state index contributed by atoms with van der Waals surface area (Å²) < 4.78 is 52.0. The topological polar surface area (TPSA) is 57.7 Å². The minimum Gasteiger partial charge on any atom is -0.484 e. The molecular formula is C16H14F3NO4. The quantitative estimate of drug-likeness (QED) is 0.753. The van der Waals surface area contributed by atoms with Crippen LogP contribution in [0.2, 0.25) is 0 Å². The zero-order chi connectivity index (χ0) is 17.6. The fourth-order valence-electron chi connectivity index (χ4n) is 1.81. The monoisotopic (exact) mass is 341 g/mol. The lowest BCUT2D eigenvalue weighted by Gasteiger charge is -2.14. The van der Waals surface area contributed by atoms with Crippen LogP contribution in [0.4, 0.5) is 13.2 Å². The Morgan fingerprint density at radius 1 is 1.21 bits per heavy atom. The van der Waals surface area contributed by atoms with Crippen LogP contribution in [-0.4, -0.2) is 30.8 Å². The second kappa shape index (κ2) is 7.67. The Bertz CT molecular complexity index is 689. The number of hydrogen-bond acceptors (Lipinski definition) is 5. The lowest BCUT2D eigenvalue weighted by Crippen LogP contribution is -2.20. The molecule has 1 aromatic carbocycles. The number of esters is 1. The summed E-state index contributed by atoms with van der Waals surface area (Å²) in [6.07, 6.45) is -1.69. The van der Waals surface area contributed by atoms with Gasteiger partial charge in [-0.25, -0.2) is 0 Å². The van der Waals surface area contributed by atoms with Gasteiger partial charge in [0.25, 0.3) is 0 Å². The third-order valence-electron chi connectivity index (χ3n) is 2.86. The van der Waals surface area contributed by atoms with Crippen LogP contribution < -0.4 is 9.47 Å². The number of nitrogens with zero attached hydrogens (tertiary/aromatic N) is 1. The first-order valence-corrected chi connectivity index (χ1v) is 6.84. The second-order valence-corrected chi connectivity index (χ2v) is 4.72. The number of carbonyl (C=O) groups excluding carboxylic acids is 1. The molecule has 0 aliphatic rings. The first kappa shape index (κ1) is 17.6. The van der Waals surface area contributed by atoms with E-state index < -0.39 is 18.8 Å². The van der Waals surface area contributed by atoms with Crippen LogP contribution in [-0.2, 0) is 16.0 Å². The maximum Gasteiger partial charge on any atom is 0.422 e. The lowest BCUT2D eigenvalue weighted by atomic mass is 10.1. The molecule has 0 saturated heterocycles. The Kier molecular flexibility index (Phi) is 5.62. The molecule has 1 aromatic heterocycles. The van der Waals surface area contributed by atoms with Gasteiger partial charge >= 0.3 is 12.1 Å². The fraction of sp³-hybridized carbons (Fsp3) is 0.250. The molecule has 24 heavy (non-hydrogen) atoms. The molecule has 0 N–H and O–H groups in total. The van der Waals surface area contributed by atoms with Gasteiger partial charge in [-0.1, -0.05) is 6.07 Å². The van der Waals surface area contributed by atoms with Crippen molar-refractivity contribution in [1.29, 1.82) is 0 Å². The average Bonchev–Trinajstić information content (AvgIpc) is 2.55. The number of alkyl halides is 3. The van der Waals surface area contributed by atoms with E-state index >= 15 is 0 Å². The van der Waals surface area contributed by atoms with Crippen molar-refractivity contribution >= 4 is 5.97 Å². The molecule has 2 rings (SSSR count). The number of methoxy groups -OCH3 is 1. The van der Waals surface area contributed by atoms with Crippen LogP contribution in [0.1, 0.15) is 5.56 Å². The molecule has 0 amide bonds. The van der Waals surface area contributed by atoms with Crippen molar-refractivity contribution < 1.29 is 32.2 Å². The molecule has 2 aromatic rings. The third-order valence-corrected chi connectivity index (χ3v) is 2.86. The van der Waals surface area contributed by atoms with Crippen LogP contribution in [0, 0.1) is 0 Å².